The molecule has 0 unspecified atom stereocenters. The topological polar surface area (TPSA) is 71.1 Å². The Labute approximate surface area is 151 Å². The second-order valence-electron chi connectivity index (χ2n) is 6.25. The van der Waals surface area contributed by atoms with Crippen LogP contribution in [0, 0.1) is 6.92 Å². The van der Waals surface area contributed by atoms with Crippen LogP contribution in [0.2, 0.25) is 0 Å². The maximum absolute atomic E-state index is 12.6. The molecule has 2 N–H and O–H groups in total. The number of allylic oxidation sites excluding steroid dienone is 1. The van der Waals surface area contributed by atoms with E-state index in [4.69, 9.17) is 0 Å². The summed E-state index contributed by atoms with van der Waals surface area (Å²) in [6.07, 6.45) is 5.66. The zero-order chi connectivity index (χ0) is 18.3. The van der Waals surface area contributed by atoms with Gasteiger partial charge in [0.1, 0.15) is 0 Å². The van der Waals surface area contributed by atoms with Crippen LogP contribution in [0.3, 0.4) is 0 Å². The van der Waals surface area contributed by atoms with Gasteiger partial charge in [-0.15, -0.1) is 0 Å². The molecule has 1 aromatic carbocycles. The molecule has 2 amide bonds. The number of rotatable bonds is 3. The van der Waals surface area contributed by atoms with Crippen molar-refractivity contribution in [1.29, 1.82) is 0 Å². The molecule has 0 spiro atoms. The molecule has 0 fully saturated rings. The summed E-state index contributed by atoms with van der Waals surface area (Å²) >= 11 is 0. The summed E-state index contributed by atoms with van der Waals surface area (Å²) in [6.45, 7) is 3.89. The van der Waals surface area contributed by atoms with Crippen LogP contribution in [0.5, 0.6) is 0 Å². The van der Waals surface area contributed by atoms with E-state index in [1.807, 2.05) is 56.3 Å². The number of aromatic nitrogens is 1. The van der Waals surface area contributed by atoms with Crippen LogP contribution in [-0.4, -0.2) is 16.8 Å². The number of pyridine rings is 1. The molecule has 1 aromatic heterocycles. The lowest BCUT2D eigenvalue weighted by Crippen LogP contribution is -2.21. The maximum Gasteiger partial charge on any atom is 0.258 e. The number of nitrogens with one attached hydrogen (secondary N) is 2. The molecule has 0 aliphatic carbocycles. The molecule has 2 aromatic rings. The highest BCUT2D eigenvalue weighted by atomic mass is 16.2. The summed E-state index contributed by atoms with van der Waals surface area (Å²) in [4.78, 5) is 29.5. The van der Waals surface area contributed by atoms with E-state index in [0.29, 0.717) is 28.2 Å². The minimum absolute atomic E-state index is 0.289. The SMILES string of the molecule is C/C=C/c1ccc(C2=C3C(=O)NC(c4ccc(C)cn4)=C3C(=O)N2)cc1. The third-order valence-electron chi connectivity index (χ3n) is 4.41. The predicted octanol–water partition coefficient (Wildman–Crippen LogP) is 2.81. The van der Waals surface area contributed by atoms with Crippen molar-refractivity contribution < 1.29 is 9.59 Å². The van der Waals surface area contributed by atoms with E-state index >= 15 is 0 Å². The molecular formula is C21H17N3O2. The normalized spacial score (nSPS) is 16.4. The summed E-state index contributed by atoms with van der Waals surface area (Å²) in [6, 6.07) is 11.4. The lowest BCUT2D eigenvalue weighted by atomic mass is 10.0. The van der Waals surface area contributed by atoms with Crippen molar-refractivity contribution in [3.63, 3.8) is 0 Å². The third-order valence-corrected chi connectivity index (χ3v) is 4.41. The van der Waals surface area contributed by atoms with Gasteiger partial charge in [-0.25, -0.2) is 0 Å². The molecule has 0 radical (unpaired) electrons. The van der Waals surface area contributed by atoms with Gasteiger partial charge in [-0.1, -0.05) is 42.5 Å². The molecule has 5 nitrogen and oxygen atoms in total. The van der Waals surface area contributed by atoms with Gasteiger partial charge in [-0.05, 0) is 36.6 Å². The molecule has 0 atom stereocenters. The Morgan fingerprint density at radius 3 is 2.15 bits per heavy atom. The highest BCUT2D eigenvalue weighted by Crippen LogP contribution is 2.36. The molecule has 0 bridgehead atoms. The van der Waals surface area contributed by atoms with E-state index in [9.17, 15) is 9.59 Å². The Morgan fingerprint density at radius 1 is 0.885 bits per heavy atom. The van der Waals surface area contributed by atoms with Crippen molar-refractivity contribution >= 4 is 29.3 Å². The molecule has 3 heterocycles. The standard InChI is InChI=1S/C21H17N3O2/c1-3-4-13-6-8-14(9-7-13)18-16-17(21(26)23-18)19(24-20(16)25)15-10-5-12(2)11-22-15/h3-11H,1-2H3,(H,23,26)(H,24,25)/b4-3+. The van der Waals surface area contributed by atoms with Crippen molar-refractivity contribution in [3.8, 4) is 0 Å². The van der Waals surface area contributed by atoms with E-state index in [0.717, 1.165) is 16.7 Å². The predicted molar refractivity (Wildman–Crippen MR) is 100 cm³/mol. The quantitative estimate of drug-likeness (QED) is 0.900. The lowest BCUT2D eigenvalue weighted by Gasteiger charge is -2.07. The number of benzene rings is 1. The highest BCUT2D eigenvalue weighted by molar-refractivity contribution is 6.30. The average Bonchev–Trinajstić information content (AvgIpc) is 3.16. The van der Waals surface area contributed by atoms with E-state index in [1.54, 1.807) is 12.3 Å². The molecule has 0 saturated carbocycles. The summed E-state index contributed by atoms with van der Waals surface area (Å²) in [5.74, 6) is -0.577. The zero-order valence-electron chi connectivity index (χ0n) is 14.5. The minimum atomic E-state index is -0.289. The fourth-order valence-electron chi connectivity index (χ4n) is 3.16. The molecule has 2 aliphatic heterocycles. The molecule has 0 saturated heterocycles. The average molecular weight is 343 g/mol. The molecular weight excluding hydrogens is 326 g/mol. The Bertz CT molecular complexity index is 1010. The van der Waals surface area contributed by atoms with Gasteiger partial charge in [0.05, 0.1) is 28.2 Å². The minimum Gasteiger partial charge on any atom is -0.321 e. The summed E-state index contributed by atoms with van der Waals surface area (Å²) < 4.78 is 0. The van der Waals surface area contributed by atoms with Gasteiger partial charge in [0.2, 0.25) is 0 Å². The van der Waals surface area contributed by atoms with Crippen LogP contribution in [0.4, 0.5) is 0 Å². The first-order chi connectivity index (χ1) is 12.6. The van der Waals surface area contributed by atoms with Crippen LogP contribution in [0.1, 0.15) is 29.3 Å². The number of amides is 2. The summed E-state index contributed by atoms with van der Waals surface area (Å²) in [5, 5.41) is 5.64. The number of carbonyl (C=O) groups is 2. The number of carbonyl (C=O) groups excluding carboxylic acids is 2. The number of fused-ring (bicyclic) bond motifs is 1. The monoisotopic (exact) mass is 343 g/mol. The van der Waals surface area contributed by atoms with Crippen LogP contribution in [-0.2, 0) is 9.59 Å². The Kier molecular flexibility index (Phi) is 3.77. The number of nitrogens with zero attached hydrogens (tertiary/aromatic N) is 1. The molecule has 5 heteroatoms. The second kappa shape index (κ2) is 6.11. The van der Waals surface area contributed by atoms with E-state index in [1.165, 1.54) is 0 Å². The maximum atomic E-state index is 12.6. The third kappa shape index (κ3) is 2.54. The molecule has 128 valence electrons. The van der Waals surface area contributed by atoms with Gasteiger partial charge in [0, 0.05) is 6.20 Å². The van der Waals surface area contributed by atoms with Gasteiger partial charge in [0.15, 0.2) is 0 Å². The highest BCUT2D eigenvalue weighted by Gasteiger charge is 2.41. The fourth-order valence-corrected chi connectivity index (χ4v) is 3.16. The second-order valence-corrected chi connectivity index (χ2v) is 6.25. The van der Waals surface area contributed by atoms with Crippen LogP contribution in [0.15, 0.2) is 59.8 Å². The van der Waals surface area contributed by atoms with Crippen molar-refractivity contribution in [1.82, 2.24) is 15.6 Å². The van der Waals surface area contributed by atoms with E-state index < -0.39 is 0 Å². The Hall–Kier alpha value is -3.47. The van der Waals surface area contributed by atoms with Gasteiger partial charge in [0.25, 0.3) is 11.8 Å². The zero-order valence-corrected chi connectivity index (χ0v) is 14.5. The fraction of sp³-hybridized carbons (Fsp3) is 0.0952. The number of hydrogen-bond donors (Lipinski definition) is 2. The summed E-state index contributed by atoms with van der Waals surface area (Å²) in [7, 11) is 0. The first kappa shape index (κ1) is 16.0. The first-order valence-electron chi connectivity index (χ1n) is 8.36. The van der Waals surface area contributed by atoms with Crippen LogP contribution < -0.4 is 10.6 Å². The van der Waals surface area contributed by atoms with E-state index in [-0.39, 0.29) is 11.8 Å². The van der Waals surface area contributed by atoms with Crippen molar-refractivity contribution in [2.45, 2.75) is 13.8 Å². The molecule has 2 aliphatic rings. The van der Waals surface area contributed by atoms with Crippen molar-refractivity contribution in [2.75, 3.05) is 0 Å². The largest absolute Gasteiger partial charge is 0.321 e. The molecule has 4 rings (SSSR count). The van der Waals surface area contributed by atoms with Crippen molar-refractivity contribution in [3.05, 3.63) is 82.2 Å². The van der Waals surface area contributed by atoms with Gasteiger partial charge < -0.3 is 10.6 Å². The first-order valence-corrected chi connectivity index (χ1v) is 8.36. The molecule has 26 heavy (non-hydrogen) atoms. The summed E-state index contributed by atoms with van der Waals surface area (Å²) in [5.41, 5.74) is 5.18. The van der Waals surface area contributed by atoms with E-state index in [2.05, 4.69) is 15.6 Å². The number of hydrogen-bond acceptors (Lipinski definition) is 3. The lowest BCUT2D eigenvalue weighted by molar-refractivity contribution is -0.117. The van der Waals surface area contributed by atoms with Gasteiger partial charge in [-0.3, -0.25) is 14.6 Å². The Morgan fingerprint density at radius 2 is 1.54 bits per heavy atom. The van der Waals surface area contributed by atoms with Crippen molar-refractivity contribution in [2.24, 2.45) is 0 Å². The van der Waals surface area contributed by atoms with Gasteiger partial charge in [-0.2, -0.15) is 0 Å². The van der Waals surface area contributed by atoms with Gasteiger partial charge >= 0.3 is 0 Å². The van der Waals surface area contributed by atoms with Crippen LogP contribution in [0.25, 0.3) is 17.5 Å². The Balaban J connectivity index is 1.82. The number of aryl methyl sites for hydroxylation is 1. The smallest absolute Gasteiger partial charge is 0.258 e. The van der Waals surface area contributed by atoms with Crippen LogP contribution >= 0.6 is 0 Å².